The maximum Gasteiger partial charge on any atom is 1.00 e. The van der Waals surface area contributed by atoms with Gasteiger partial charge in [-0.3, -0.25) is 0 Å². The van der Waals surface area contributed by atoms with Crippen molar-refractivity contribution < 1.29 is 64.4 Å². The molecule has 0 aromatic rings. The molecular weight excluding hydrogens is 251 g/mol. The molecular formula is C11H23KO3S. The summed E-state index contributed by atoms with van der Waals surface area (Å²) in [4.78, 5) is 0. The molecule has 0 aromatic heterocycles. The Kier molecular flexibility index (Phi) is 16.1. The van der Waals surface area contributed by atoms with Gasteiger partial charge in [0.1, 0.15) is 0 Å². The molecule has 0 saturated carbocycles. The van der Waals surface area contributed by atoms with Gasteiger partial charge in [-0.15, -0.1) is 0 Å². The SMILES string of the molecule is CCCCCCCCCCCS(=O)(=O)[O-].[K+]. The van der Waals surface area contributed by atoms with Gasteiger partial charge in [-0.2, -0.15) is 0 Å². The van der Waals surface area contributed by atoms with Crippen LogP contribution in [-0.4, -0.2) is 18.7 Å². The van der Waals surface area contributed by atoms with Crippen molar-refractivity contribution in [2.45, 2.75) is 64.7 Å². The molecule has 0 bridgehead atoms. The first kappa shape index (κ1) is 19.9. The molecule has 0 amide bonds. The van der Waals surface area contributed by atoms with Gasteiger partial charge in [0, 0.05) is 5.75 Å². The van der Waals surface area contributed by atoms with E-state index in [2.05, 4.69) is 6.92 Å². The van der Waals surface area contributed by atoms with E-state index in [0.29, 0.717) is 6.42 Å². The fourth-order valence-electron chi connectivity index (χ4n) is 1.59. The molecule has 0 atom stereocenters. The van der Waals surface area contributed by atoms with Gasteiger partial charge in [0.05, 0.1) is 10.1 Å². The second-order valence-corrected chi connectivity index (χ2v) is 5.61. The third-order valence-electron chi connectivity index (χ3n) is 2.50. The van der Waals surface area contributed by atoms with Crippen LogP contribution in [0.5, 0.6) is 0 Å². The van der Waals surface area contributed by atoms with Crippen LogP contribution >= 0.6 is 0 Å². The Morgan fingerprint density at radius 1 is 0.812 bits per heavy atom. The molecule has 0 saturated heterocycles. The Morgan fingerprint density at radius 2 is 1.19 bits per heavy atom. The van der Waals surface area contributed by atoms with Crippen LogP contribution in [-0.2, 0) is 10.1 Å². The molecule has 0 fully saturated rings. The molecule has 0 aliphatic heterocycles. The van der Waals surface area contributed by atoms with Crippen LogP contribution in [0.4, 0.5) is 0 Å². The molecule has 5 heteroatoms. The summed E-state index contributed by atoms with van der Waals surface area (Å²) in [6.07, 6.45) is 10.0. The molecule has 0 aromatic carbocycles. The van der Waals surface area contributed by atoms with Crippen LogP contribution in [0, 0.1) is 0 Å². The summed E-state index contributed by atoms with van der Waals surface area (Å²) in [6, 6.07) is 0. The van der Waals surface area contributed by atoms with E-state index in [-0.39, 0.29) is 57.1 Å². The fourth-order valence-corrected chi connectivity index (χ4v) is 2.15. The van der Waals surface area contributed by atoms with Crippen molar-refractivity contribution in [2.75, 3.05) is 5.75 Å². The predicted molar refractivity (Wildman–Crippen MR) is 61.8 cm³/mol. The molecule has 0 N–H and O–H groups in total. The van der Waals surface area contributed by atoms with Crippen molar-refractivity contribution in [1.29, 1.82) is 0 Å². The quantitative estimate of drug-likeness (QED) is 0.322. The zero-order valence-corrected chi connectivity index (χ0v) is 14.6. The van der Waals surface area contributed by atoms with Gasteiger partial charge in [0.2, 0.25) is 0 Å². The fraction of sp³-hybridized carbons (Fsp3) is 1.00. The molecule has 0 rings (SSSR count). The number of rotatable bonds is 10. The molecule has 0 heterocycles. The molecule has 92 valence electrons. The Hall–Kier alpha value is 1.55. The van der Waals surface area contributed by atoms with Gasteiger partial charge in [0.25, 0.3) is 0 Å². The van der Waals surface area contributed by atoms with E-state index in [9.17, 15) is 13.0 Å². The second kappa shape index (κ2) is 13.0. The molecule has 0 spiro atoms. The van der Waals surface area contributed by atoms with Crippen molar-refractivity contribution in [2.24, 2.45) is 0 Å². The normalized spacial score (nSPS) is 11.1. The molecule has 16 heavy (non-hydrogen) atoms. The van der Waals surface area contributed by atoms with Crippen LogP contribution in [0.15, 0.2) is 0 Å². The zero-order valence-electron chi connectivity index (χ0n) is 10.7. The molecule has 0 unspecified atom stereocenters. The van der Waals surface area contributed by atoms with E-state index < -0.39 is 10.1 Å². The topological polar surface area (TPSA) is 57.2 Å². The van der Waals surface area contributed by atoms with E-state index in [1.54, 1.807) is 0 Å². The van der Waals surface area contributed by atoms with Crippen molar-refractivity contribution >= 4 is 10.1 Å². The number of hydrogen-bond donors (Lipinski definition) is 0. The van der Waals surface area contributed by atoms with Gasteiger partial charge in [-0.05, 0) is 6.42 Å². The van der Waals surface area contributed by atoms with E-state index in [0.717, 1.165) is 12.8 Å². The standard InChI is InChI=1S/C11H24O3S.K/c1-2-3-4-5-6-7-8-9-10-11-15(12,13)14;/h2-11H2,1H3,(H,12,13,14);/q;+1/p-1. The van der Waals surface area contributed by atoms with Gasteiger partial charge in [-0.1, -0.05) is 58.3 Å². The molecule has 0 radical (unpaired) electrons. The summed E-state index contributed by atoms with van der Waals surface area (Å²) >= 11 is 0. The van der Waals surface area contributed by atoms with Crippen LogP contribution in [0.1, 0.15) is 64.7 Å². The van der Waals surface area contributed by atoms with E-state index in [4.69, 9.17) is 0 Å². The van der Waals surface area contributed by atoms with Gasteiger partial charge >= 0.3 is 51.4 Å². The summed E-state index contributed by atoms with van der Waals surface area (Å²) in [5, 5.41) is 0. The third kappa shape index (κ3) is 17.9. The summed E-state index contributed by atoms with van der Waals surface area (Å²) < 4.78 is 30.8. The van der Waals surface area contributed by atoms with E-state index >= 15 is 0 Å². The van der Waals surface area contributed by atoms with Crippen molar-refractivity contribution in [3.8, 4) is 0 Å². The van der Waals surface area contributed by atoms with Crippen molar-refractivity contribution in [1.82, 2.24) is 0 Å². The van der Waals surface area contributed by atoms with Gasteiger partial charge in [0.15, 0.2) is 0 Å². The first-order valence-corrected chi connectivity index (χ1v) is 7.57. The summed E-state index contributed by atoms with van der Waals surface area (Å²) in [5.41, 5.74) is 0. The third-order valence-corrected chi connectivity index (χ3v) is 3.29. The first-order valence-electron chi connectivity index (χ1n) is 6.00. The maximum atomic E-state index is 10.3. The van der Waals surface area contributed by atoms with Crippen LogP contribution in [0.3, 0.4) is 0 Å². The minimum atomic E-state index is -3.98. The minimum Gasteiger partial charge on any atom is -0.748 e. The Balaban J connectivity index is 0. The Bertz CT molecular complexity index is 227. The Morgan fingerprint density at radius 3 is 1.56 bits per heavy atom. The van der Waals surface area contributed by atoms with Gasteiger partial charge in [-0.25, -0.2) is 8.42 Å². The maximum absolute atomic E-state index is 10.3. The zero-order chi connectivity index (χ0) is 11.6. The summed E-state index contributed by atoms with van der Waals surface area (Å²) in [5.74, 6) is -0.192. The first-order chi connectivity index (χ1) is 7.06. The summed E-state index contributed by atoms with van der Waals surface area (Å²) in [7, 11) is -3.98. The molecule has 0 aliphatic carbocycles. The summed E-state index contributed by atoms with van der Waals surface area (Å²) in [6.45, 7) is 2.20. The average molecular weight is 274 g/mol. The van der Waals surface area contributed by atoms with Crippen LogP contribution in [0.2, 0.25) is 0 Å². The monoisotopic (exact) mass is 274 g/mol. The van der Waals surface area contributed by atoms with Gasteiger partial charge < -0.3 is 4.55 Å². The predicted octanol–water partition coefficient (Wildman–Crippen LogP) is 0.0664. The van der Waals surface area contributed by atoms with Crippen LogP contribution in [0.25, 0.3) is 0 Å². The molecule has 0 aliphatic rings. The van der Waals surface area contributed by atoms with E-state index in [1.807, 2.05) is 0 Å². The Labute approximate surface area is 143 Å². The second-order valence-electron chi connectivity index (χ2n) is 4.09. The van der Waals surface area contributed by atoms with E-state index in [1.165, 1.54) is 38.5 Å². The minimum absolute atomic E-state index is 0. The smallest absolute Gasteiger partial charge is 0.748 e. The number of hydrogen-bond acceptors (Lipinski definition) is 3. The largest absolute Gasteiger partial charge is 1.00 e. The van der Waals surface area contributed by atoms with Crippen molar-refractivity contribution in [3.05, 3.63) is 0 Å². The molecule has 3 nitrogen and oxygen atoms in total. The van der Waals surface area contributed by atoms with Crippen molar-refractivity contribution in [3.63, 3.8) is 0 Å². The van der Waals surface area contributed by atoms with Crippen LogP contribution < -0.4 is 51.4 Å². The number of unbranched alkanes of at least 4 members (excludes halogenated alkanes) is 8. The average Bonchev–Trinajstić information content (AvgIpc) is 2.14.